The third-order valence-electron chi connectivity index (χ3n) is 5.22. The molecular formula is C14H22O. The van der Waals surface area contributed by atoms with Crippen molar-refractivity contribution in [1.82, 2.24) is 0 Å². The second kappa shape index (κ2) is 2.19. The highest BCUT2D eigenvalue weighted by Gasteiger charge is 2.67. The lowest BCUT2D eigenvalue weighted by Crippen LogP contribution is -2.63. The van der Waals surface area contributed by atoms with E-state index in [2.05, 4.69) is 27.7 Å². The second-order valence-electron chi connectivity index (χ2n) is 7.96. The van der Waals surface area contributed by atoms with E-state index in [-0.39, 0.29) is 10.8 Å². The summed E-state index contributed by atoms with van der Waals surface area (Å²) in [5.74, 6) is 0.574. The Hall–Kier alpha value is -0.330. The molecule has 0 aromatic rings. The minimum atomic E-state index is 0.00694. The number of carbonyl (C=O) groups is 1. The molecular weight excluding hydrogens is 184 g/mol. The lowest BCUT2D eigenvalue weighted by atomic mass is 9.36. The average molecular weight is 206 g/mol. The van der Waals surface area contributed by atoms with Crippen molar-refractivity contribution in [2.24, 2.45) is 21.7 Å². The van der Waals surface area contributed by atoms with E-state index in [1.165, 1.54) is 6.42 Å². The summed E-state index contributed by atoms with van der Waals surface area (Å²) in [5.41, 5.74) is 0.908. The van der Waals surface area contributed by atoms with Crippen LogP contribution in [0.2, 0.25) is 0 Å². The largest absolute Gasteiger partial charge is 0.298 e. The smallest absolute Gasteiger partial charge is 0.144 e. The maximum absolute atomic E-state index is 12.5. The molecule has 0 aliphatic heterocycles. The van der Waals surface area contributed by atoms with Gasteiger partial charge in [0.15, 0.2) is 0 Å². The Kier molecular flexibility index (Phi) is 1.44. The molecule has 4 aliphatic rings. The van der Waals surface area contributed by atoms with Gasteiger partial charge in [-0.15, -0.1) is 0 Å². The Bertz CT molecular complexity index is 308. The zero-order valence-corrected chi connectivity index (χ0v) is 10.4. The topological polar surface area (TPSA) is 17.1 Å². The molecule has 0 saturated heterocycles. The molecule has 1 heteroatoms. The molecule has 4 bridgehead atoms. The van der Waals surface area contributed by atoms with Crippen LogP contribution in [0.3, 0.4) is 0 Å². The molecule has 4 aliphatic carbocycles. The van der Waals surface area contributed by atoms with Gasteiger partial charge in [0.2, 0.25) is 0 Å². The molecule has 15 heavy (non-hydrogen) atoms. The van der Waals surface area contributed by atoms with E-state index >= 15 is 0 Å². The van der Waals surface area contributed by atoms with Crippen LogP contribution < -0.4 is 0 Å². The average Bonchev–Trinajstić information content (AvgIpc) is 1.93. The normalized spacial score (nSPS) is 62.5. The van der Waals surface area contributed by atoms with Crippen molar-refractivity contribution >= 4 is 5.78 Å². The highest BCUT2D eigenvalue weighted by atomic mass is 16.1. The van der Waals surface area contributed by atoms with Gasteiger partial charge in [0.05, 0.1) is 0 Å². The number of Topliss-reactive ketones (excluding diaryl/α,β-unsaturated/α-hetero) is 1. The zero-order valence-electron chi connectivity index (χ0n) is 10.4. The lowest BCUT2D eigenvalue weighted by Gasteiger charge is -2.67. The van der Waals surface area contributed by atoms with Gasteiger partial charge in [0.25, 0.3) is 0 Å². The zero-order chi connectivity index (χ0) is 11.1. The summed E-state index contributed by atoms with van der Waals surface area (Å²) >= 11 is 0. The van der Waals surface area contributed by atoms with Gasteiger partial charge in [-0.1, -0.05) is 27.7 Å². The highest BCUT2D eigenvalue weighted by Crippen LogP contribution is 2.71. The fourth-order valence-electron chi connectivity index (χ4n) is 6.35. The van der Waals surface area contributed by atoms with Gasteiger partial charge < -0.3 is 0 Å². The maximum Gasteiger partial charge on any atom is 0.144 e. The minimum Gasteiger partial charge on any atom is -0.298 e. The van der Waals surface area contributed by atoms with Crippen LogP contribution >= 0.6 is 0 Å². The van der Waals surface area contributed by atoms with Crippen LogP contribution in [0.15, 0.2) is 0 Å². The molecule has 0 amide bonds. The van der Waals surface area contributed by atoms with Crippen molar-refractivity contribution < 1.29 is 4.79 Å². The number of hydrogen-bond acceptors (Lipinski definition) is 1. The van der Waals surface area contributed by atoms with E-state index in [0.29, 0.717) is 16.6 Å². The predicted octanol–water partition coefficient (Wildman–Crippen LogP) is 3.57. The van der Waals surface area contributed by atoms with Crippen LogP contribution in [0.5, 0.6) is 0 Å². The van der Waals surface area contributed by atoms with Gasteiger partial charge in [-0.05, 0) is 42.9 Å². The van der Waals surface area contributed by atoms with Crippen molar-refractivity contribution in [1.29, 1.82) is 0 Å². The molecule has 4 saturated carbocycles. The first-order valence-electron chi connectivity index (χ1n) is 6.24. The quantitative estimate of drug-likeness (QED) is 0.592. The Morgan fingerprint density at radius 1 is 0.733 bits per heavy atom. The fourth-order valence-corrected chi connectivity index (χ4v) is 6.35. The molecule has 0 aromatic heterocycles. The van der Waals surface area contributed by atoms with Gasteiger partial charge in [0, 0.05) is 10.8 Å². The molecule has 0 unspecified atom stereocenters. The van der Waals surface area contributed by atoms with Crippen molar-refractivity contribution in [2.45, 2.75) is 59.8 Å². The summed E-state index contributed by atoms with van der Waals surface area (Å²) in [6, 6.07) is 0. The molecule has 84 valence electrons. The predicted molar refractivity (Wildman–Crippen MR) is 60.5 cm³/mol. The van der Waals surface area contributed by atoms with Crippen molar-refractivity contribution in [2.75, 3.05) is 0 Å². The van der Waals surface area contributed by atoms with Crippen molar-refractivity contribution in [3.8, 4) is 0 Å². The minimum absolute atomic E-state index is 0.00694. The van der Waals surface area contributed by atoms with Crippen molar-refractivity contribution in [3.63, 3.8) is 0 Å². The summed E-state index contributed by atoms with van der Waals surface area (Å²) in [7, 11) is 0. The Labute approximate surface area is 92.6 Å². The third-order valence-corrected chi connectivity index (χ3v) is 5.22. The first-order valence-corrected chi connectivity index (χ1v) is 6.24. The van der Waals surface area contributed by atoms with Crippen molar-refractivity contribution in [3.05, 3.63) is 0 Å². The number of hydrogen-bond donors (Lipinski definition) is 0. The van der Waals surface area contributed by atoms with Crippen LogP contribution in [0.25, 0.3) is 0 Å². The molecule has 0 heterocycles. The van der Waals surface area contributed by atoms with E-state index < -0.39 is 0 Å². The molecule has 0 N–H and O–H groups in total. The first-order chi connectivity index (χ1) is 6.69. The summed E-state index contributed by atoms with van der Waals surface area (Å²) < 4.78 is 0. The molecule has 0 spiro atoms. The maximum atomic E-state index is 12.5. The van der Waals surface area contributed by atoms with E-state index in [1.54, 1.807) is 0 Å². The standard InChI is InChI=1S/C14H22O/c1-11-5-12(2)8-13(3,6-11)10(15)14(4,7-11)9-12/h5-9H2,1-4H3. The van der Waals surface area contributed by atoms with Gasteiger partial charge in [-0.2, -0.15) is 0 Å². The Morgan fingerprint density at radius 2 is 1.07 bits per heavy atom. The number of rotatable bonds is 0. The van der Waals surface area contributed by atoms with E-state index in [0.717, 1.165) is 25.7 Å². The Balaban J connectivity index is 2.16. The molecule has 1 nitrogen and oxygen atoms in total. The summed E-state index contributed by atoms with van der Waals surface area (Å²) in [6.07, 6.45) is 5.92. The van der Waals surface area contributed by atoms with Gasteiger partial charge >= 0.3 is 0 Å². The van der Waals surface area contributed by atoms with E-state index in [9.17, 15) is 4.79 Å². The molecule has 0 aromatic carbocycles. The molecule has 0 atom stereocenters. The monoisotopic (exact) mass is 206 g/mol. The van der Waals surface area contributed by atoms with E-state index in [4.69, 9.17) is 0 Å². The Morgan fingerprint density at radius 3 is 1.40 bits per heavy atom. The fraction of sp³-hybridized carbons (Fsp3) is 0.929. The van der Waals surface area contributed by atoms with Crippen LogP contribution in [-0.4, -0.2) is 5.78 Å². The second-order valence-corrected chi connectivity index (χ2v) is 7.96. The third kappa shape index (κ3) is 1.07. The number of carbonyl (C=O) groups excluding carboxylic acids is 1. The summed E-state index contributed by atoms with van der Waals surface area (Å²) in [5, 5.41) is 0. The van der Waals surface area contributed by atoms with Crippen LogP contribution in [-0.2, 0) is 4.79 Å². The molecule has 0 radical (unpaired) electrons. The van der Waals surface area contributed by atoms with Gasteiger partial charge in [-0.3, -0.25) is 4.79 Å². The lowest BCUT2D eigenvalue weighted by molar-refractivity contribution is -0.188. The number of ketones is 1. The van der Waals surface area contributed by atoms with Gasteiger partial charge in [-0.25, -0.2) is 0 Å². The first kappa shape index (κ1) is 9.86. The van der Waals surface area contributed by atoms with Crippen LogP contribution in [0, 0.1) is 21.7 Å². The highest BCUT2D eigenvalue weighted by molar-refractivity contribution is 5.92. The van der Waals surface area contributed by atoms with Crippen LogP contribution in [0.4, 0.5) is 0 Å². The van der Waals surface area contributed by atoms with E-state index in [1.807, 2.05) is 0 Å². The SMILES string of the molecule is CC12CC3(C)CC(C)(C1)C(=O)C(C)(C2)C3. The summed E-state index contributed by atoms with van der Waals surface area (Å²) in [4.78, 5) is 12.5. The summed E-state index contributed by atoms with van der Waals surface area (Å²) in [6.45, 7) is 9.27. The molecule has 4 fully saturated rings. The van der Waals surface area contributed by atoms with Crippen LogP contribution in [0.1, 0.15) is 59.8 Å². The molecule has 4 rings (SSSR count). The van der Waals surface area contributed by atoms with Gasteiger partial charge in [0.1, 0.15) is 5.78 Å².